The van der Waals surface area contributed by atoms with Crippen LogP contribution in [0.2, 0.25) is 0 Å². The van der Waals surface area contributed by atoms with Crippen molar-refractivity contribution in [2.24, 2.45) is 5.41 Å². The van der Waals surface area contributed by atoms with E-state index in [2.05, 4.69) is 0 Å². The van der Waals surface area contributed by atoms with Gasteiger partial charge in [-0.15, -0.1) is 0 Å². The lowest BCUT2D eigenvalue weighted by Gasteiger charge is -2.36. The Morgan fingerprint density at radius 2 is 1.80 bits per heavy atom. The highest BCUT2D eigenvalue weighted by Crippen LogP contribution is 2.31. The summed E-state index contributed by atoms with van der Waals surface area (Å²) in [4.78, 5) is 36.6. The predicted octanol–water partition coefficient (Wildman–Crippen LogP) is 1.77. The number of carbonyl (C=O) groups excluding carboxylic acids is 3. The highest BCUT2D eigenvalue weighted by Gasteiger charge is 2.44. The fraction of sp³-hybridized carbons (Fsp3) is 0.786. The molecular formula is C14H23NO5. The zero-order valence-corrected chi connectivity index (χ0v) is 12.6. The molecule has 6 nitrogen and oxygen atoms in total. The van der Waals surface area contributed by atoms with Crippen LogP contribution in [0.4, 0.5) is 4.79 Å². The third kappa shape index (κ3) is 3.95. The Morgan fingerprint density at radius 3 is 2.20 bits per heavy atom. The third-order valence-electron chi connectivity index (χ3n) is 3.21. The van der Waals surface area contributed by atoms with Crippen LogP contribution in [0.1, 0.15) is 40.5 Å². The van der Waals surface area contributed by atoms with Gasteiger partial charge in [-0.3, -0.25) is 4.79 Å². The minimum Gasteiger partial charge on any atom is -0.465 e. The van der Waals surface area contributed by atoms with E-state index in [1.54, 1.807) is 27.7 Å². The first-order chi connectivity index (χ1) is 9.24. The number of esters is 1. The van der Waals surface area contributed by atoms with Crippen molar-refractivity contribution in [3.05, 3.63) is 0 Å². The second-order valence-electron chi connectivity index (χ2n) is 5.96. The number of piperidine rings is 1. The Hall–Kier alpha value is -1.59. The summed E-state index contributed by atoms with van der Waals surface area (Å²) in [5.41, 5.74) is -1.67. The molecule has 1 fully saturated rings. The quantitative estimate of drug-likeness (QED) is 0.449. The Morgan fingerprint density at radius 1 is 1.25 bits per heavy atom. The molecule has 0 aromatic carbocycles. The van der Waals surface area contributed by atoms with E-state index >= 15 is 0 Å². The standard InChI is InChI=1S/C14H23NO5/c1-5-19-11(17)14(10-16)6-8-15(9-7-14)12(18)20-13(2,3)4/h10H,5-9H2,1-4H3. The molecule has 1 saturated heterocycles. The lowest BCUT2D eigenvalue weighted by molar-refractivity contribution is -0.160. The second kappa shape index (κ2) is 6.24. The summed E-state index contributed by atoms with van der Waals surface area (Å²) in [6.07, 6.45) is 0.779. The fourth-order valence-electron chi connectivity index (χ4n) is 2.06. The van der Waals surface area contributed by atoms with E-state index in [0.717, 1.165) is 0 Å². The zero-order valence-electron chi connectivity index (χ0n) is 12.6. The van der Waals surface area contributed by atoms with Crippen LogP contribution in [0.25, 0.3) is 0 Å². The summed E-state index contributed by atoms with van der Waals surface area (Å²) >= 11 is 0. The monoisotopic (exact) mass is 285 g/mol. The van der Waals surface area contributed by atoms with Gasteiger partial charge in [0.15, 0.2) is 0 Å². The summed E-state index contributed by atoms with van der Waals surface area (Å²) in [6, 6.07) is 0. The molecule has 0 aromatic rings. The molecule has 0 N–H and O–H groups in total. The van der Waals surface area contributed by atoms with Crippen LogP contribution in [0.15, 0.2) is 0 Å². The number of aldehydes is 1. The van der Waals surface area contributed by atoms with Crippen LogP contribution in [-0.4, -0.2) is 48.5 Å². The Kier molecular flexibility index (Phi) is 5.14. The van der Waals surface area contributed by atoms with Crippen LogP contribution in [0.5, 0.6) is 0 Å². The number of rotatable bonds is 3. The molecule has 1 rings (SSSR count). The van der Waals surface area contributed by atoms with Gasteiger partial charge in [-0.05, 0) is 40.5 Å². The first-order valence-corrected chi connectivity index (χ1v) is 6.85. The summed E-state index contributed by atoms with van der Waals surface area (Å²) in [5.74, 6) is -0.501. The third-order valence-corrected chi connectivity index (χ3v) is 3.21. The van der Waals surface area contributed by atoms with Gasteiger partial charge in [0.25, 0.3) is 0 Å². The number of ether oxygens (including phenoxy) is 2. The second-order valence-corrected chi connectivity index (χ2v) is 5.96. The molecule has 0 atom stereocenters. The van der Waals surface area contributed by atoms with Crippen LogP contribution >= 0.6 is 0 Å². The lowest BCUT2D eigenvalue weighted by atomic mass is 9.80. The van der Waals surface area contributed by atoms with Gasteiger partial charge < -0.3 is 19.2 Å². The van der Waals surface area contributed by atoms with Crippen molar-refractivity contribution in [3.63, 3.8) is 0 Å². The number of hydrogen-bond acceptors (Lipinski definition) is 5. The predicted molar refractivity (Wildman–Crippen MR) is 72.2 cm³/mol. The summed E-state index contributed by atoms with van der Waals surface area (Å²) < 4.78 is 10.2. The van der Waals surface area contributed by atoms with Crippen molar-refractivity contribution in [3.8, 4) is 0 Å². The number of likely N-dealkylation sites (tertiary alicyclic amines) is 1. The molecule has 0 bridgehead atoms. The minimum absolute atomic E-state index is 0.240. The summed E-state index contributed by atoms with van der Waals surface area (Å²) in [6.45, 7) is 7.95. The van der Waals surface area contributed by atoms with E-state index in [0.29, 0.717) is 19.4 Å². The van der Waals surface area contributed by atoms with Crippen LogP contribution < -0.4 is 0 Å². The maximum absolute atomic E-state index is 11.9. The average Bonchev–Trinajstić information content (AvgIpc) is 2.37. The Bertz CT molecular complexity index is 378. The molecule has 20 heavy (non-hydrogen) atoms. The van der Waals surface area contributed by atoms with E-state index in [1.807, 2.05) is 0 Å². The molecule has 0 aromatic heterocycles. The Balaban J connectivity index is 2.64. The molecule has 0 aliphatic carbocycles. The van der Waals surface area contributed by atoms with Crippen molar-refractivity contribution in [2.45, 2.75) is 46.1 Å². The molecule has 0 spiro atoms. The molecule has 1 aliphatic heterocycles. The largest absolute Gasteiger partial charge is 0.465 e. The average molecular weight is 285 g/mol. The fourth-order valence-corrected chi connectivity index (χ4v) is 2.06. The van der Waals surface area contributed by atoms with Gasteiger partial charge in [-0.1, -0.05) is 0 Å². The van der Waals surface area contributed by atoms with Crippen molar-refractivity contribution in [1.29, 1.82) is 0 Å². The Labute approximate surface area is 119 Å². The van der Waals surface area contributed by atoms with Crippen LogP contribution in [0, 0.1) is 5.41 Å². The van der Waals surface area contributed by atoms with E-state index < -0.39 is 23.1 Å². The van der Waals surface area contributed by atoms with Gasteiger partial charge in [-0.25, -0.2) is 4.79 Å². The SMILES string of the molecule is CCOC(=O)C1(C=O)CCN(C(=O)OC(C)(C)C)CC1. The first kappa shape index (κ1) is 16.5. The minimum atomic E-state index is -1.12. The molecule has 1 amide bonds. The number of hydrogen-bond donors (Lipinski definition) is 0. The number of carbonyl (C=O) groups is 3. The highest BCUT2D eigenvalue weighted by molar-refractivity contribution is 5.93. The van der Waals surface area contributed by atoms with E-state index in [1.165, 1.54) is 4.90 Å². The smallest absolute Gasteiger partial charge is 0.410 e. The van der Waals surface area contributed by atoms with E-state index in [9.17, 15) is 14.4 Å². The summed E-state index contributed by atoms with van der Waals surface area (Å²) in [5, 5.41) is 0. The molecule has 1 heterocycles. The molecule has 0 unspecified atom stereocenters. The molecular weight excluding hydrogens is 262 g/mol. The van der Waals surface area contributed by atoms with E-state index in [-0.39, 0.29) is 19.4 Å². The van der Waals surface area contributed by atoms with Gasteiger partial charge in [0.1, 0.15) is 17.3 Å². The molecule has 1 aliphatic rings. The van der Waals surface area contributed by atoms with Crippen LogP contribution in [0.3, 0.4) is 0 Å². The maximum atomic E-state index is 11.9. The first-order valence-electron chi connectivity index (χ1n) is 6.85. The van der Waals surface area contributed by atoms with E-state index in [4.69, 9.17) is 9.47 Å². The van der Waals surface area contributed by atoms with Gasteiger partial charge in [0, 0.05) is 13.1 Å². The van der Waals surface area contributed by atoms with Crippen LogP contribution in [-0.2, 0) is 19.1 Å². The molecule has 0 saturated carbocycles. The summed E-state index contributed by atoms with van der Waals surface area (Å²) in [7, 11) is 0. The van der Waals surface area contributed by atoms with Crippen molar-refractivity contribution in [1.82, 2.24) is 4.90 Å². The number of nitrogens with zero attached hydrogens (tertiary/aromatic N) is 1. The molecule has 6 heteroatoms. The van der Waals surface area contributed by atoms with Gasteiger partial charge in [0.2, 0.25) is 0 Å². The van der Waals surface area contributed by atoms with Gasteiger partial charge in [-0.2, -0.15) is 0 Å². The molecule has 0 radical (unpaired) electrons. The highest BCUT2D eigenvalue weighted by atomic mass is 16.6. The normalized spacial score (nSPS) is 18.3. The topological polar surface area (TPSA) is 72.9 Å². The number of amides is 1. The van der Waals surface area contributed by atoms with Crippen molar-refractivity contribution in [2.75, 3.05) is 19.7 Å². The van der Waals surface area contributed by atoms with Gasteiger partial charge >= 0.3 is 12.1 Å². The molecule has 114 valence electrons. The van der Waals surface area contributed by atoms with Gasteiger partial charge in [0.05, 0.1) is 6.61 Å². The van der Waals surface area contributed by atoms with Crippen molar-refractivity contribution >= 4 is 18.3 Å². The van der Waals surface area contributed by atoms with Crippen molar-refractivity contribution < 1.29 is 23.9 Å². The lowest BCUT2D eigenvalue weighted by Crippen LogP contribution is -2.49. The zero-order chi connectivity index (χ0) is 15.4. The maximum Gasteiger partial charge on any atom is 0.410 e.